The zero-order chi connectivity index (χ0) is 11.5. The first-order valence-electron chi connectivity index (χ1n) is 5.41. The molecule has 1 heterocycles. The summed E-state index contributed by atoms with van der Waals surface area (Å²) in [6.07, 6.45) is 2.05. The molecule has 0 bridgehead atoms. The van der Waals surface area contributed by atoms with E-state index in [1.165, 1.54) is 14.2 Å². The number of hydrogen-bond donors (Lipinski definition) is 1. The van der Waals surface area contributed by atoms with Crippen molar-refractivity contribution in [3.8, 4) is 11.5 Å². The summed E-state index contributed by atoms with van der Waals surface area (Å²) in [4.78, 5) is 0. The predicted molar refractivity (Wildman–Crippen MR) is 59.5 cm³/mol. The zero-order valence-electron chi connectivity index (χ0n) is 9.55. The summed E-state index contributed by atoms with van der Waals surface area (Å²) < 4.78 is 24.2. The molecule has 88 valence electrons. The monoisotopic (exact) mass is 225 g/mol. The Kier molecular flexibility index (Phi) is 3.29. The van der Waals surface area contributed by atoms with Crippen LogP contribution in [0.15, 0.2) is 12.1 Å². The number of benzene rings is 1. The lowest BCUT2D eigenvalue weighted by Gasteiger charge is -2.15. The van der Waals surface area contributed by atoms with Crippen molar-refractivity contribution in [3.63, 3.8) is 0 Å². The SMILES string of the molecule is COc1ccc(C2CCCN2)c(F)c1OC. The van der Waals surface area contributed by atoms with Crippen molar-refractivity contribution >= 4 is 0 Å². The Hall–Kier alpha value is -1.29. The number of halogens is 1. The van der Waals surface area contributed by atoms with Gasteiger partial charge in [0.25, 0.3) is 0 Å². The van der Waals surface area contributed by atoms with Crippen LogP contribution in [0.25, 0.3) is 0 Å². The lowest BCUT2D eigenvalue weighted by molar-refractivity contribution is 0.334. The maximum Gasteiger partial charge on any atom is 0.197 e. The molecule has 1 N–H and O–H groups in total. The van der Waals surface area contributed by atoms with Gasteiger partial charge in [-0.15, -0.1) is 0 Å². The van der Waals surface area contributed by atoms with Crippen molar-refractivity contribution in [2.45, 2.75) is 18.9 Å². The summed E-state index contributed by atoms with van der Waals surface area (Å²) in [5, 5.41) is 3.27. The summed E-state index contributed by atoms with van der Waals surface area (Å²) in [5.41, 5.74) is 0.662. The predicted octanol–water partition coefficient (Wildman–Crippen LogP) is 2.27. The zero-order valence-corrected chi connectivity index (χ0v) is 9.55. The Balaban J connectivity index is 2.39. The van der Waals surface area contributed by atoms with E-state index in [1.54, 1.807) is 12.1 Å². The van der Waals surface area contributed by atoms with Crippen LogP contribution in [-0.4, -0.2) is 20.8 Å². The van der Waals surface area contributed by atoms with Gasteiger partial charge in [0.1, 0.15) is 0 Å². The molecular formula is C12H16FNO2. The minimum Gasteiger partial charge on any atom is -0.493 e. The van der Waals surface area contributed by atoms with Crippen LogP contribution in [0.3, 0.4) is 0 Å². The van der Waals surface area contributed by atoms with Gasteiger partial charge in [-0.2, -0.15) is 0 Å². The van der Waals surface area contributed by atoms with Gasteiger partial charge in [0.2, 0.25) is 0 Å². The van der Waals surface area contributed by atoms with E-state index in [0.717, 1.165) is 19.4 Å². The van der Waals surface area contributed by atoms with E-state index in [9.17, 15) is 4.39 Å². The van der Waals surface area contributed by atoms with Crippen molar-refractivity contribution < 1.29 is 13.9 Å². The highest BCUT2D eigenvalue weighted by atomic mass is 19.1. The number of rotatable bonds is 3. The van der Waals surface area contributed by atoms with Crippen molar-refractivity contribution in [3.05, 3.63) is 23.5 Å². The molecule has 1 aromatic rings. The summed E-state index contributed by atoms with van der Waals surface area (Å²) in [5.74, 6) is 0.302. The first kappa shape index (κ1) is 11.2. The Morgan fingerprint density at radius 2 is 2.12 bits per heavy atom. The van der Waals surface area contributed by atoms with Crippen LogP contribution in [0.4, 0.5) is 4.39 Å². The van der Waals surface area contributed by atoms with E-state index in [2.05, 4.69) is 5.32 Å². The molecule has 1 fully saturated rings. The van der Waals surface area contributed by atoms with E-state index in [-0.39, 0.29) is 17.6 Å². The minimum atomic E-state index is -0.318. The average Bonchev–Trinajstić information content (AvgIpc) is 2.81. The Labute approximate surface area is 94.6 Å². The smallest absolute Gasteiger partial charge is 0.197 e. The van der Waals surface area contributed by atoms with Crippen LogP contribution < -0.4 is 14.8 Å². The lowest BCUT2D eigenvalue weighted by atomic mass is 10.0. The summed E-state index contributed by atoms with van der Waals surface area (Å²) in [6, 6.07) is 3.61. The highest BCUT2D eigenvalue weighted by Gasteiger charge is 2.23. The summed E-state index contributed by atoms with van der Waals surface area (Å²) in [6.45, 7) is 0.943. The van der Waals surface area contributed by atoms with Gasteiger partial charge in [0.05, 0.1) is 14.2 Å². The normalized spacial score (nSPS) is 19.8. The fraction of sp³-hybridized carbons (Fsp3) is 0.500. The highest BCUT2D eigenvalue weighted by Crippen LogP contribution is 2.36. The van der Waals surface area contributed by atoms with Crippen LogP contribution in [0, 0.1) is 5.82 Å². The number of hydrogen-bond acceptors (Lipinski definition) is 3. The molecule has 1 aliphatic rings. The summed E-state index contributed by atoms with van der Waals surface area (Å²) >= 11 is 0. The fourth-order valence-electron chi connectivity index (χ4n) is 2.12. The summed E-state index contributed by atoms with van der Waals surface area (Å²) in [7, 11) is 2.96. The molecule has 16 heavy (non-hydrogen) atoms. The van der Waals surface area contributed by atoms with Crippen molar-refractivity contribution in [2.75, 3.05) is 20.8 Å². The average molecular weight is 225 g/mol. The highest BCUT2D eigenvalue weighted by molar-refractivity contribution is 5.45. The molecule has 1 atom stereocenters. The third-order valence-electron chi connectivity index (χ3n) is 2.95. The Bertz CT molecular complexity index is 376. The molecule has 3 nitrogen and oxygen atoms in total. The van der Waals surface area contributed by atoms with E-state index in [4.69, 9.17) is 9.47 Å². The molecule has 4 heteroatoms. The number of nitrogens with one attached hydrogen (secondary N) is 1. The van der Waals surface area contributed by atoms with Gasteiger partial charge in [0.15, 0.2) is 17.3 Å². The number of ether oxygens (including phenoxy) is 2. The van der Waals surface area contributed by atoms with Crippen LogP contribution in [0.5, 0.6) is 11.5 Å². The molecule has 1 unspecified atom stereocenters. The van der Waals surface area contributed by atoms with Crippen molar-refractivity contribution in [2.24, 2.45) is 0 Å². The number of methoxy groups -OCH3 is 2. The van der Waals surface area contributed by atoms with Gasteiger partial charge >= 0.3 is 0 Å². The maximum atomic E-state index is 14.1. The van der Waals surface area contributed by atoms with E-state index >= 15 is 0 Å². The largest absolute Gasteiger partial charge is 0.493 e. The van der Waals surface area contributed by atoms with E-state index in [0.29, 0.717) is 11.3 Å². The molecule has 1 aliphatic heterocycles. The quantitative estimate of drug-likeness (QED) is 0.856. The van der Waals surface area contributed by atoms with Crippen LogP contribution in [-0.2, 0) is 0 Å². The molecule has 0 saturated carbocycles. The van der Waals surface area contributed by atoms with Gasteiger partial charge in [-0.3, -0.25) is 0 Å². The Morgan fingerprint density at radius 3 is 2.69 bits per heavy atom. The lowest BCUT2D eigenvalue weighted by Crippen LogP contribution is -2.14. The molecule has 0 spiro atoms. The third kappa shape index (κ3) is 1.85. The van der Waals surface area contributed by atoms with Gasteiger partial charge in [0, 0.05) is 11.6 Å². The van der Waals surface area contributed by atoms with Crippen molar-refractivity contribution in [1.82, 2.24) is 5.32 Å². The fourth-order valence-corrected chi connectivity index (χ4v) is 2.12. The van der Waals surface area contributed by atoms with Crippen LogP contribution >= 0.6 is 0 Å². The molecule has 1 aromatic carbocycles. The minimum absolute atomic E-state index is 0.0970. The molecule has 1 saturated heterocycles. The van der Waals surface area contributed by atoms with E-state index < -0.39 is 0 Å². The second-order valence-corrected chi connectivity index (χ2v) is 3.85. The van der Waals surface area contributed by atoms with Gasteiger partial charge in [-0.1, -0.05) is 6.07 Å². The first-order valence-corrected chi connectivity index (χ1v) is 5.41. The van der Waals surface area contributed by atoms with Crippen LogP contribution in [0.2, 0.25) is 0 Å². The topological polar surface area (TPSA) is 30.5 Å². The van der Waals surface area contributed by atoms with Crippen molar-refractivity contribution in [1.29, 1.82) is 0 Å². The second-order valence-electron chi connectivity index (χ2n) is 3.85. The molecule has 0 aliphatic carbocycles. The molecule has 0 radical (unpaired) electrons. The molecular weight excluding hydrogens is 209 g/mol. The van der Waals surface area contributed by atoms with Crippen LogP contribution in [0.1, 0.15) is 24.4 Å². The molecule has 2 rings (SSSR count). The van der Waals surface area contributed by atoms with Gasteiger partial charge < -0.3 is 14.8 Å². The third-order valence-corrected chi connectivity index (χ3v) is 2.95. The standard InChI is InChI=1S/C12H16FNO2/c1-15-10-6-5-8(9-4-3-7-14-9)11(13)12(10)16-2/h5-6,9,14H,3-4,7H2,1-2H3. The molecule has 0 aromatic heterocycles. The van der Waals surface area contributed by atoms with Gasteiger partial charge in [-0.05, 0) is 25.5 Å². The van der Waals surface area contributed by atoms with Gasteiger partial charge in [-0.25, -0.2) is 4.39 Å². The Morgan fingerprint density at radius 1 is 1.31 bits per heavy atom. The molecule has 0 amide bonds. The first-order chi connectivity index (χ1) is 7.77. The maximum absolute atomic E-state index is 14.1. The van der Waals surface area contributed by atoms with E-state index in [1.807, 2.05) is 0 Å². The second kappa shape index (κ2) is 4.70.